The van der Waals surface area contributed by atoms with Crippen LogP contribution in [-0.2, 0) is 9.09 Å². The van der Waals surface area contributed by atoms with Crippen LogP contribution in [0.1, 0.15) is 12.5 Å². The van der Waals surface area contributed by atoms with Crippen LogP contribution in [0.25, 0.3) is 11.2 Å². The smallest absolute Gasteiger partial charge is 0.403 e. The molecule has 5 N–H and O–H groups in total. The second-order valence-electron chi connectivity index (χ2n) is 6.97. The van der Waals surface area contributed by atoms with Gasteiger partial charge in [-0.1, -0.05) is 23.7 Å². The lowest BCUT2D eigenvalue weighted by Gasteiger charge is -2.44. The summed E-state index contributed by atoms with van der Waals surface area (Å²) < 4.78 is 24.1. The van der Waals surface area contributed by atoms with Crippen molar-refractivity contribution < 1.29 is 23.6 Å². The number of nitrogens with zero attached hydrogens (tertiary/aromatic N) is 3. The highest BCUT2D eigenvalue weighted by Gasteiger charge is 2.44. The quantitative estimate of drug-likeness (QED) is 0.388. The molecule has 160 valence electrons. The molecule has 1 aliphatic carbocycles. The van der Waals surface area contributed by atoms with Gasteiger partial charge in [-0.15, -0.1) is 0 Å². The molecule has 1 fully saturated rings. The number of imidazole rings is 1. The molecular weight excluding hydrogens is 437 g/mol. The third-order valence-electron chi connectivity index (χ3n) is 5.16. The molecule has 0 saturated heterocycles. The minimum absolute atomic E-state index is 0.0352. The largest absolute Gasteiger partial charge is 0.527 e. The second kappa shape index (κ2) is 8.01. The third-order valence-corrected chi connectivity index (χ3v) is 6.38. The number of hydrogen-bond acceptors (Lipinski definition) is 8. The fourth-order valence-electron chi connectivity index (χ4n) is 3.61. The highest BCUT2D eigenvalue weighted by molar-refractivity contribution is 7.47. The lowest BCUT2D eigenvalue weighted by atomic mass is 9.70. The van der Waals surface area contributed by atoms with Gasteiger partial charge in [0.05, 0.1) is 18.0 Å². The lowest BCUT2D eigenvalue weighted by Crippen LogP contribution is -2.43. The van der Waals surface area contributed by atoms with Gasteiger partial charge < -0.3 is 19.9 Å². The number of phosphoric acid groups is 1. The van der Waals surface area contributed by atoms with E-state index in [1.54, 1.807) is 16.7 Å². The minimum atomic E-state index is -4.40. The first-order chi connectivity index (χ1) is 14.3. The van der Waals surface area contributed by atoms with E-state index in [2.05, 4.69) is 15.0 Å². The van der Waals surface area contributed by atoms with Crippen LogP contribution >= 0.6 is 19.4 Å². The number of hydrogen-bond donors (Lipinski definition) is 4. The first-order valence-electron chi connectivity index (χ1n) is 9.03. The van der Waals surface area contributed by atoms with Crippen molar-refractivity contribution in [2.24, 2.45) is 11.8 Å². The average Bonchev–Trinajstić information content (AvgIpc) is 3.06. The minimum Gasteiger partial charge on any atom is -0.403 e. The molecule has 0 bridgehead atoms. The molecule has 2 heterocycles. The fraction of sp³-hybridized carbons (Fsp3) is 0.353. The number of halogens is 1. The van der Waals surface area contributed by atoms with Gasteiger partial charge in [0.25, 0.3) is 5.56 Å². The van der Waals surface area contributed by atoms with E-state index in [4.69, 9.17) is 26.4 Å². The van der Waals surface area contributed by atoms with E-state index in [0.717, 1.165) is 0 Å². The Hall–Kier alpha value is -2.43. The number of aromatic amines is 1. The maximum Gasteiger partial charge on any atom is 0.527 e. The Morgan fingerprint density at radius 3 is 2.90 bits per heavy atom. The fourth-order valence-corrected chi connectivity index (χ4v) is 4.67. The number of phosphoric ester groups is 1. The summed E-state index contributed by atoms with van der Waals surface area (Å²) in [6.07, 6.45) is 1.98. The van der Waals surface area contributed by atoms with E-state index in [-0.39, 0.29) is 53.3 Å². The molecule has 4 atom stereocenters. The summed E-state index contributed by atoms with van der Waals surface area (Å²) in [6.45, 7) is -0.305. The molecule has 0 aliphatic heterocycles. The van der Waals surface area contributed by atoms with E-state index in [1.807, 2.05) is 0 Å². The van der Waals surface area contributed by atoms with Crippen LogP contribution in [0.3, 0.4) is 0 Å². The van der Waals surface area contributed by atoms with Crippen LogP contribution < -0.4 is 15.8 Å². The molecule has 1 aliphatic rings. The SMILES string of the molecule is Nc1nc2c(ncn2C2CC(COP(=O)(O)Oc3ccccc3Cl)C2CO)c(=O)[nH]1. The molecule has 11 nitrogen and oxygen atoms in total. The molecule has 1 saturated carbocycles. The van der Waals surface area contributed by atoms with Gasteiger partial charge in [-0.3, -0.25) is 19.2 Å². The Morgan fingerprint density at radius 1 is 1.40 bits per heavy atom. The van der Waals surface area contributed by atoms with Crippen molar-refractivity contribution in [3.63, 3.8) is 0 Å². The topological polar surface area (TPSA) is 166 Å². The second-order valence-corrected chi connectivity index (χ2v) is 8.76. The Balaban J connectivity index is 1.44. The van der Waals surface area contributed by atoms with E-state index in [0.29, 0.717) is 12.1 Å². The lowest BCUT2D eigenvalue weighted by molar-refractivity contribution is -0.00487. The first kappa shape index (κ1) is 20.8. The molecule has 13 heteroatoms. The number of fused-ring (bicyclic) bond motifs is 1. The average molecular weight is 456 g/mol. The zero-order valence-electron chi connectivity index (χ0n) is 15.5. The maximum atomic E-state index is 12.2. The van der Waals surface area contributed by atoms with Crippen molar-refractivity contribution in [3.8, 4) is 5.75 Å². The molecule has 4 unspecified atom stereocenters. The van der Waals surface area contributed by atoms with Crippen LogP contribution in [0.4, 0.5) is 5.95 Å². The van der Waals surface area contributed by atoms with Gasteiger partial charge in [0, 0.05) is 18.6 Å². The molecule has 2 aromatic heterocycles. The van der Waals surface area contributed by atoms with Gasteiger partial charge in [-0.25, -0.2) is 9.55 Å². The van der Waals surface area contributed by atoms with E-state index < -0.39 is 13.4 Å². The van der Waals surface area contributed by atoms with Crippen LogP contribution in [0, 0.1) is 11.8 Å². The van der Waals surface area contributed by atoms with Gasteiger partial charge in [0.15, 0.2) is 11.2 Å². The number of para-hydroxylation sites is 1. The summed E-state index contributed by atoms with van der Waals surface area (Å²) in [4.78, 5) is 32.5. The number of nitrogens with one attached hydrogen (secondary N) is 1. The van der Waals surface area contributed by atoms with Crippen LogP contribution in [0.2, 0.25) is 5.02 Å². The predicted octanol–water partition coefficient (Wildman–Crippen LogP) is 1.72. The highest BCUT2D eigenvalue weighted by Crippen LogP contribution is 2.50. The zero-order chi connectivity index (χ0) is 21.5. The number of nitrogens with two attached hydrogens (primary N) is 1. The molecule has 30 heavy (non-hydrogen) atoms. The van der Waals surface area contributed by atoms with Crippen LogP contribution in [-0.4, -0.2) is 42.7 Å². The number of nitrogen functional groups attached to an aromatic ring is 1. The Morgan fingerprint density at radius 2 is 2.17 bits per heavy atom. The van der Waals surface area contributed by atoms with Gasteiger partial charge >= 0.3 is 7.82 Å². The monoisotopic (exact) mass is 455 g/mol. The van der Waals surface area contributed by atoms with Gasteiger partial charge in [-0.2, -0.15) is 4.98 Å². The van der Waals surface area contributed by atoms with E-state index >= 15 is 0 Å². The van der Waals surface area contributed by atoms with Gasteiger partial charge in [0.1, 0.15) is 5.75 Å². The summed E-state index contributed by atoms with van der Waals surface area (Å²) in [6, 6.07) is 6.03. The molecule has 0 amide bonds. The first-order valence-corrected chi connectivity index (χ1v) is 10.9. The number of aromatic nitrogens is 4. The molecule has 0 spiro atoms. The molecular formula is C17H19ClN5O6P. The number of rotatable bonds is 7. The Kier molecular flexibility index (Phi) is 5.56. The number of benzene rings is 1. The summed E-state index contributed by atoms with van der Waals surface area (Å²) in [5, 5.41) is 10.0. The Bertz CT molecular complexity index is 1180. The van der Waals surface area contributed by atoms with Crippen molar-refractivity contribution in [2.75, 3.05) is 18.9 Å². The standard InChI is InChI=1S/C17H19ClN5O6P/c18-11-3-1-2-4-13(11)29-30(26,27)28-7-9-5-12(10(9)6-24)23-8-20-14-15(23)21-17(19)22-16(14)25/h1-4,8-10,12,24H,5-7H2,(H,26,27)(H3,19,21,22,25). The summed E-state index contributed by atoms with van der Waals surface area (Å²) in [7, 11) is -4.40. The molecule has 1 aromatic carbocycles. The predicted molar refractivity (Wildman–Crippen MR) is 108 cm³/mol. The number of H-pyrrole nitrogens is 1. The third kappa shape index (κ3) is 3.94. The van der Waals surface area contributed by atoms with Crippen molar-refractivity contribution in [3.05, 3.63) is 46.0 Å². The van der Waals surface area contributed by atoms with Crippen molar-refractivity contribution in [2.45, 2.75) is 12.5 Å². The van der Waals surface area contributed by atoms with Crippen LogP contribution in [0.15, 0.2) is 35.4 Å². The van der Waals surface area contributed by atoms with E-state index in [1.165, 1.54) is 18.5 Å². The number of aliphatic hydroxyl groups excluding tert-OH is 1. The maximum absolute atomic E-state index is 12.2. The van der Waals surface area contributed by atoms with Crippen molar-refractivity contribution in [1.29, 1.82) is 0 Å². The van der Waals surface area contributed by atoms with E-state index in [9.17, 15) is 19.4 Å². The van der Waals surface area contributed by atoms with Crippen LogP contribution in [0.5, 0.6) is 5.75 Å². The highest BCUT2D eigenvalue weighted by atomic mass is 35.5. The molecule has 0 radical (unpaired) electrons. The zero-order valence-corrected chi connectivity index (χ0v) is 17.2. The molecule has 3 aromatic rings. The van der Waals surface area contributed by atoms with Gasteiger partial charge in [-0.05, 0) is 24.5 Å². The van der Waals surface area contributed by atoms with Crippen molar-refractivity contribution >= 4 is 36.5 Å². The van der Waals surface area contributed by atoms with Crippen molar-refractivity contribution in [1.82, 2.24) is 19.5 Å². The summed E-state index contributed by atoms with van der Waals surface area (Å²) >= 11 is 5.93. The normalized spacial score (nSPS) is 23.1. The Labute approximate surface area is 175 Å². The number of anilines is 1. The summed E-state index contributed by atoms with van der Waals surface area (Å²) in [5.74, 6) is -0.516. The summed E-state index contributed by atoms with van der Waals surface area (Å²) in [5.41, 5.74) is 5.63. The number of aliphatic hydroxyl groups is 1. The molecule has 4 rings (SSSR count). The van der Waals surface area contributed by atoms with Gasteiger partial charge in [0.2, 0.25) is 5.95 Å².